The predicted octanol–water partition coefficient (Wildman–Crippen LogP) is 3.37. The highest BCUT2D eigenvalue weighted by Gasteiger charge is 2.16. The number of ether oxygens (including phenoxy) is 1. The number of nitro benzene ring substituents is 1. The van der Waals surface area contributed by atoms with Crippen LogP contribution in [0.4, 0.5) is 11.4 Å². The van der Waals surface area contributed by atoms with E-state index in [-0.39, 0.29) is 11.4 Å². The topological polar surface area (TPSA) is 98.8 Å². The second-order valence-corrected chi connectivity index (χ2v) is 5.74. The first kappa shape index (κ1) is 17.4. The number of amides is 1. The fraction of sp³-hybridized carbons (Fsp3) is 0.222. The van der Waals surface area contributed by atoms with Crippen molar-refractivity contribution in [1.82, 2.24) is 9.38 Å². The van der Waals surface area contributed by atoms with E-state index >= 15 is 0 Å². The molecule has 0 atom stereocenters. The molecule has 0 saturated carbocycles. The van der Waals surface area contributed by atoms with E-state index in [2.05, 4.69) is 10.3 Å². The molecule has 2 aromatic heterocycles. The van der Waals surface area contributed by atoms with Gasteiger partial charge in [-0.3, -0.25) is 14.9 Å². The standard InChI is InChI=1S/C18H18N4O4/c1-4-14-11(2)21-10-12(5-8-17(21)19-14)18(23)20-15-9-13(22(24)25)6-7-16(15)26-3/h5-10H,4H2,1-3H3,(H,20,23). The maximum atomic E-state index is 12.6. The molecule has 134 valence electrons. The lowest BCUT2D eigenvalue weighted by molar-refractivity contribution is -0.384. The number of carbonyl (C=O) groups excluding carboxylic acids is 1. The minimum absolute atomic E-state index is 0.130. The molecule has 8 nitrogen and oxygen atoms in total. The summed E-state index contributed by atoms with van der Waals surface area (Å²) in [6, 6.07) is 7.48. The zero-order valence-corrected chi connectivity index (χ0v) is 14.6. The fourth-order valence-corrected chi connectivity index (χ4v) is 2.78. The summed E-state index contributed by atoms with van der Waals surface area (Å²) in [7, 11) is 1.43. The Morgan fingerprint density at radius 1 is 1.35 bits per heavy atom. The van der Waals surface area contributed by atoms with Gasteiger partial charge in [0.15, 0.2) is 0 Å². The Hall–Kier alpha value is -3.42. The molecule has 0 aliphatic heterocycles. The van der Waals surface area contributed by atoms with E-state index in [0.717, 1.165) is 23.5 Å². The monoisotopic (exact) mass is 354 g/mol. The average molecular weight is 354 g/mol. The van der Waals surface area contributed by atoms with E-state index in [1.165, 1.54) is 25.3 Å². The van der Waals surface area contributed by atoms with Crippen LogP contribution in [0.2, 0.25) is 0 Å². The number of imidazole rings is 1. The number of nitrogens with zero attached hydrogens (tertiary/aromatic N) is 3. The molecule has 8 heteroatoms. The van der Waals surface area contributed by atoms with Gasteiger partial charge in [0, 0.05) is 24.0 Å². The van der Waals surface area contributed by atoms with E-state index in [9.17, 15) is 14.9 Å². The molecule has 1 aromatic carbocycles. The SMILES string of the molecule is CCc1nc2ccc(C(=O)Nc3cc([N+](=O)[O-])ccc3OC)cn2c1C. The summed E-state index contributed by atoms with van der Waals surface area (Å²) >= 11 is 0. The first-order chi connectivity index (χ1) is 12.4. The van der Waals surface area contributed by atoms with E-state index in [1.54, 1.807) is 18.3 Å². The molecular formula is C18H18N4O4. The Morgan fingerprint density at radius 3 is 2.77 bits per heavy atom. The molecule has 0 unspecified atom stereocenters. The number of benzene rings is 1. The summed E-state index contributed by atoms with van der Waals surface area (Å²) in [5.41, 5.74) is 3.24. The Morgan fingerprint density at radius 2 is 2.12 bits per heavy atom. The molecule has 1 amide bonds. The minimum atomic E-state index is -0.526. The summed E-state index contributed by atoms with van der Waals surface area (Å²) in [5.74, 6) is -0.0473. The van der Waals surface area contributed by atoms with Gasteiger partial charge >= 0.3 is 0 Å². The van der Waals surface area contributed by atoms with Gasteiger partial charge in [-0.25, -0.2) is 4.98 Å². The lowest BCUT2D eigenvalue weighted by Gasteiger charge is -2.10. The van der Waals surface area contributed by atoms with Gasteiger partial charge in [-0.2, -0.15) is 0 Å². The first-order valence-corrected chi connectivity index (χ1v) is 8.06. The fourth-order valence-electron chi connectivity index (χ4n) is 2.78. The summed E-state index contributed by atoms with van der Waals surface area (Å²) in [6.45, 7) is 3.97. The second-order valence-electron chi connectivity index (χ2n) is 5.74. The van der Waals surface area contributed by atoms with Gasteiger partial charge in [-0.1, -0.05) is 6.92 Å². The number of nitro groups is 1. The number of hydrogen-bond acceptors (Lipinski definition) is 5. The Bertz CT molecular complexity index is 1010. The van der Waals surface area contributed by atoms with Gasteiger partial charge in [-0.15, -0.1) is 0 Å². The molecule has 3 aromatic rings. The highest BCUT2D eigenvalue weighted by Crippen LogP contribution is 2.29. The molecule has 2 heterocycles. The van der Waals surface area contributed by atoms with Crippen molar-refractivity contribution in [3.05, 3.63) is 63.6 Å². The van der Waals surface area contributed by atoms with Crippen molar-refractivity contribution in [3.8, 4) is 5.75 Å². The first-order valence-electron chi connectivity index (χ1n) is 8.06. The Balaban J connectivity index is 1.95. The van der Waals surface area contributed by atoms with Crippen LogP contribution >= 0.6 is 0 Å². The molecule has 26 heavy (non-hydrogen) atoms. The smallest absolute Gasteiger partial charge is 0.271 e. The maximum absolute atomic E-state index is 12.6. The molecule has 0 aliphatic carbocycles. The van der Waals surface area contributed by atoms with Gasteiger partial charge in [0.2, 0.25) is 0 Å². The normalized spacial score (nSPS) is 10.7. The van der Waals surface area contributed by atoms with Gasteiger partial charge in [0.1, 0.15) is 11.4 Å². The maximum Gasteiger partial charge on any atom is 0.271 e. The molecule has 0 aliphatic rings. The van der Waals surface area contributed by atoms with Crippen LogP contribution in [0.1, 0.15) is 28.7 Å². The van der Waals surface area contributed by atoms with Gasteiger partial charge in [0.05, 0.1) is 29.0 Å². The van der Waals surface area contributed by atoms with E-state index in [1.807, 2.05) is 18.2 Å². The van der Waals surface area contributed by atoms with Crippen molar-refractivity contribution in [2.45, 2.75) is 20.3 Å². The number of fused-ring (bicyclic) bond motifs is 1. The zero-order chi connectivity index (χ0) is 18.8. The molecule has 3 rings (SSSR count). The van der Waals surface area contributed by atoms with Crippen LogP contribution in [0.5, 0.6) is 5.75 Å². The number of carbonyl (C=O) groups is 1. The molecule has 1 N–H and O–H groups in total. The number of non-ortho nitro benzene ring substituents is 1. The number of pyridine rings is 1. The third-order valence-electron chi connectivity index (χ3n) is 4.19. The van der Waals surface area contributed by atoms with E-state index < -0.39 is 10.8 Å². The van der Waals surface area contributed by atoms with Crippen molar-refractivity contribution >= 4 is 22.9 Å². The molecule has 0 spiro atoms. The number of methoxy groups -OCH3 is 1. The van der Waals surface area contributed by atoms with Gasteiger partial charge in [-0.05, 0) is 31.5 Å². The number of anilines is 1. The van der Waals surface area contributed by atoms with Gasteiger partial charge in [0.25, 0.3) is 11.6 Å². The highest BCUT2D eigenvalue weighted by atomic mass is 16.6. The summed E-state index contributed by atoms with van der Waals surface area (Å²) in [6.07, 6.45) is 2.51. The van der Waals surface area contributed by atoms with Crippen LogP contribution in [0.3, 0.4) is 0 Å². The van der Waals surface area contributed by atoms with Crippen molar-refractivity contribution < 1.29 is 14.5 Å². The lowest BCUT2D eigenvalue weighted by Crippen LogP contribution is -2.13. The number of nitrogens with one attached hydrogen (secondary N) is 1. The van der Waals surface area contributed by atoms with Crippen LogP contribution in [0, 0.1) is 17.0 Å². The van der Waals surface area contributed by atoms with Crippen molar-refractivity contribution in [3.63, 3.8) is 0 Å². The number of rotatable bonds is 5. The molecule has 0 fully saturated rings. The predicted molar refractivity (Wildman–Crippen MR) is 96.9 cm³/mol. The second kappa shape index (κ2) is 6.83. The molecular weight excluding hydrogens is 336 g/mol. The lowest BCUT2D eigenvalue weighted by atomic mass is 10.2. The summed E-state index contributed by atoms with van der Waals surface area (Å²) in [5, 5.41) is 13.6. The molecule has 0 bridgehead atoms. The summed E-state index contributed by atoms with van der Waals surface area (Å²) in [4.78, 5) is 27.6. The molecule has 0 radical (unpaired) electrons. The van der Waals surface area contributed by atoms with Crippen molar-refractivity contribution in [2.24, 2.45) is 0 Å². The third kappa shape index (κ3) is 3.08. The largest absolute Gasteiger partial charge is 0.495 e. The number of aromatic nitrogens is 2. The van der Waals surface area contributed by atoms with Crippen LogP contribution in [0.25, 0.3) is 5.65 Å². The Kier molecular flexibility index (Phi) is 4.57. The molecule has 0 saturated heterocycles. The minimum Gasteiger partial charge on any atom is -0.495 e. The Labute approximate surface area is 149 Å². The van der Waals surface area contributed by atoms with E-state index in [4.69, 9.17) is 4.74 Å². The van der Waals surface area contributed by atoms with Crippen molar-refractivity contribution in [1.29, 1.82) is 0 Å². The quantitative estimate of drug-likeness (QED) is 0.559. The average Bonchev–Trinajstić information content (AvgIpc) is 2.97. The number of hydrogen-bond donors (Lipinski definition) is 1. The zero-order valence-electron chi connectivity index (χ0n) is 14.6. The third-order valence-corrected chi connectivity index (χ3v) is 4.19. The van der Waals surface area contributed by atoms with Crippen LogP contribution < -0.4 is 10.1 Å². The number of aryl methyl sites for hydroxylation is 2. The summed E-state index contributed by atoms with van der Waals surface area (Å²) < 4.78 is 7.03. The van der Waals surface area contributed by atoms with Crippen molar-refractivity contribution in [2.75, 3.05) is 12.4 Å². The highest BCUT2D eigenvalue weighted by molar-refractivity contribution is 6.05. The van der Waals surface area contributed by atoms with Crippen LogP contribution in [0.15, 0.2) is 36.5 Å². The van der Waals surface area contributed by atoms with Gasteiger partial charge < -0.3 is 14.5 Å². The van der Waals surface area contributed by atoms with Crippen LogP contribution in [-0.2, 0) is 6.42 Å². The van der Waals surface area contributed by atoms with E-state index in [0.29, 0.717) is 11.3 Å². The van der Waals surface area contributed by atoms with Crippen LogP contribution in [-0.4, -0.2) is 27.3 Å².